The zero-order valence-corrected chi connectivity index (χ0v) is 16.5. The molecule has 0 bridgehead atoms. The van der Waals surface area contributed by atoms with Crippen molar-refractivity contribution in [1.82, 2.24) is 5.32 Å². The van der Waals surface area contributed by atoms with Crippen molar-refractivity contribution >= 4 is 21.6 Å². The Morgan fingerprint density at radius 3 is 2.04 bits per heavy atom. The third-order valence-electron chi connectivity index (χ3n) is 4.29. The average molecular weight is 394 g/mol. The molecule has 144 valence electrons. The molecule has 3 aromatic carbocycles. The van der Waals surface area contributed by atoms with Crippen molar-refractivity contribution in [2.45, 2.75) is 13.0 Å². The van der Waals surface area contributed by atoms with E-state index in [4.69, 9.17) is 0 Å². The number of nitrogens with one attached hydrogen (secondary N) is 2. The Kier molecular flexibility index (Phi) is 5.80. The molecule has 6 heteroatoms. The number of aryl methyl sites for hydroxylation is 1. The van der Waals surface area contributed by atoms with Crippen LogP contribution in [0.25, 0.3) is 0 Å². The van der Waals surface area contributed by atoms with E-state index in [9.17, 15) is 13.2 Å². The van der Waals surface area contributed by atoms with E-state index in [1.807, 2.05) is 61.5 Å². The lowest BCUT2D eigenvalue weighted by atomic mass is 9.97. The summed E-state index contributed by atoms with van der Waals surface area (Å²) < 4.78 is 25.7. The predicted molar refractivity (Wildman–Crippen MR) is 112 cm³/mol. The van der Waals surface area contributed by atoms with Gasteiger partial charge in [-0.1, -0.05) is 72.3 Å². The summed E-state index contributed by atoms with van der Waals surface area (Å²) in [5.74, 6) is -0.360. The van der Waals surface area contributed by atoms with Gasteiger partial charge < -0.3 is 5.32 Å². The number of hydrogen-bond donors (Lipinski definition) is 2. The van der Waals surface area contributed by atoms with Gasteiger partial charge in [0.25, 0.3) is 5.91 Å². The highest BCUT2D eigenvalue weighted by Gasteiger charge is 2.20. The van der Waals surface area contributed by atoms with Gasteiger partial charge in [-0.15, -0.1) is 0 Å². The molecule has 3 rings (SSSR count). The molecule has 0 heterocycles. The topological polar surface area (TPSA) is 75.3 Å². The fraction of sp³-hybridized carbons (Fsp3) is 0.136. The first-order valence-electron chi connectivity index (χ1n) is 8.83. The maximum Gasteiger partial charge on any atom is 0.254 e. The van der Waals surface area contributed by atoms with Crippen molar-refractivity contribution in [2.75, 3.05) is 11.0 Å². The minimum Gasteiger partial charge on any atom is -0.341 e. The number of hydrogen-bond acceptors (Lipinski definition) is 3. The Morgan fingerprint density at radius 2 is 1.39 bits per heavy atom. The van der Waals surface area contributed by atoms with Crippen LogP contribution >= 0.6 is 0 Å². The molecule has 2 N–H and O–H groups in total. The van der Waals surface area contributed by atoms with Gasteiger partial charge in [-0.05, 0) is 30.2 Å². The van der Waals surface area contributed by atoms with Crippen LogP contribution in [-0.2, 0) is 10.0 Å². The van der Waals surface area contributed by atoms with Crippen LogP contribution in [0.4, 0.5) is 5.69 Å². The Bertz CT molecular complexity index is 1060. The first kappa shape index (κ1) is 19.6. The molecule has 0 spiro atoms. The molecule has 0 aliphatic carbocycles. The van der Waals surface area contributed by atoms with Crippen molar-refractivity contribution in [3.05, 3.63) is 101 Å². The second kappa shape index (κ2) is 8.27. The lowest BCUT2D eigenvalue weighted by molar-refractivity contribution is 0.0944. The summed E-state index contributed by atoms with van der Waals surface area (Å²) in [6.07, 6.45) is 1.06. The van der Waals surface area contributed by atoms with Crippen LogP contribution < -0.4 is 10.0 Å². The van der Waals surface area contributed by atoms with Gasteiger partial charge in [0.1, 0.15) is 0 Å². The molecular formula is C22H22N2O3S. The minimum atomic E-state index is -3.50. The van der Waals surface area contributed by atoms with Crippen LogP contribution in [0, 0.1) is 6.92 Å². The van der Waals surface area contributed by atoms with Gasteiger partial charge >= 0.3 is 0 Å². The molecule has 28 heavy (non-hydrogen) atoms. The molecule has 0 aromatic heterocycles. The molecule has 1 atom stereocenters. The van der Waals surface area contributed by atoms with Crippen molar-refractivity contribution in [2.24, 2.45) is 0 Å². The van der Waals surface area contributed by atoms with Gasteiger partial charge in [-0.25, -0.2) is 8.42 Å². The second-order valence-electron chi connectivity index (χ2n) is 6.65. The normalized spacial score (nSPS) is 12.2. The van der Waals surface area contributed by atoms with Crippen molar-refractivity contribution in [1.29, 1.82) is 0 Å². The van der Waals surface area contributed by atoms with Gasteiger partial charge in [-0.3, -0.25) is 9.52 Å². The molecule has 0 unspecified atom stereocenters. The highest BCUT2D eigenvalue weighted by Crippen LogP contribution is 2.24. The van der Waals surface area contributed by atoms with Gasteiger partial charge in [0.05, 0.1) is 23.5 Å². The molecule has 0 aliphatic rings. The largest absolute Gasteiger partial charge is 0.341 e. The molecule has 0 aliphatic heterocycles. The molecular weight excluding hydrogens is 372 g/mol. The fourth-order valence-corrected chi connectivity index (χ4v) is 3.52. The van der Waals surface area contributed by atoms with Crippen molar-refractivity contribution < 1.29 is 13.2 Å². The summed E-state index contributed by atoms with van der Waals surface area (Å²) >= 11 is 0. The van der Waals surface area contributed by atoms with E-state index in [2.05, 4.69) is 10.0 Å². The fourth-order valence-electron chi connectivity index (χ4n) is 2.94. The van der Waals surface area contributed by atoms with Crippen LogP contribution in [0.1, 0.15) is 33.1 Å². The number of benzene rings is 3. The number of anilines is 1. The summed E-state index contributed by atoms with van der Waals surface area (Å²) in [7, 11) is -3.50. The third kappa shape index (κ3) is 4.98. The summed E-state index contributed by atoms with van der Waals surface area (Å²) in [5.41, 5.74) is 3.52. The van der Waals surface area contributed by atoms with E-state index in [1.165, 1.54) is 0 Å². The zero-order valence-electron chi connectivity index (χ0n) is 15.7. The summed E-state index contributed by atoms with van der Waals surface area (Å²) in [4.78, 5) is 13.0. The van der Waals surface area contributed by atoms with Crippen molar-refractivity contribution in [3.63, 3.8) is 0 Å². The first-order chi connectivity index (χ1) is 13.3. The smallest absolute Gasteiger partial charge is 0.254 e. The number of sulfonamides is 1. The number of carbonyl (C=O) groups is 1. The number of amides is 1. The molecule has 0 saturated carbocycles. The van der Waals surface area contributed by atoms with E-state index >= 15 is 0 Å². The van der Waals surface area contributed by atoms with E-state index < -0.39 is 10.0 Å². The Morgan fingerprint density at radius 1 is 0.821 bits per heavy atom. The quantitative estimate of drug-likeness (QED) is 0.666. The molecule has 5 nitrogen and oxygen atoms in total. The van der Waals surface area contributed by atoms with Crippen LogP contribution in [0.15, 0.2) is 78.9 Å². The first-order valence-corrected chi connectivity index (χ1v) is 10.7. The maximum atomic E-state index is 13.0. The summed E-state index contributed by atoms with van der Waals surface area (Å²) in [6.45, 7) is 2.01. The molecule has 0 fully saturated rings. The highest BCUT2D eigenvalue weighted by atomic mass is 32.2. The summed E-state index contributed by atoms with van der Waals surface area (Å²) in [5, 5.41) is 3.04. The van der Waals surface area contributed by atoms with E-state index in [0.717, 1.165) is 22.9 Å². The zero-order chi connectivity index (χ0) is 20.1. The van der Waals surface area contributed by atoms with Crippen LogP contribution in [0.3, 0.4) is 0 Å². The molecule has 0 radical (unpaired) electrons. The predicted octanol–water partition coefficient (Wildman–Crippen LogP) is 3.89. The highest BCUT2D eigenvalue weighted by molar-refractivity contribution is 7.92. The number of carbonyl (C=O) groups excluding carboxylic acids is 1. The van der Waals surface area contributed by atoms with Crippen molar-refractivity contribution in [3.8, 4) is 0 Å². The molecule has 0 saturated heterocycles. The monoisotopic (exact) mass is 394 g/mol. The number of rotatable bonds is 6. The Labute approximate surface area is 165 Å². The van der Waals surface area contributed by atoms with Gasteiger partial charge in [0.15, 0.2) is 0 Å². The summed E-state index contributed by atoms with van der Waals surface area (Å²) in [6, 6.07) is 23.8. The lowest BCUT2D eigenvalue weighted by Crippen LogP contribution is -2.30. The standard InChI is InChI=1S/C22H22N2O3S/c1-16-12-14-18(15-13-16)21(17-8-4-3-5-9-17)23-22(25)19-10-6-7-11-20(19)24-28(2,26)27/h3-15,21,24H,1-2H3,(H,23,25)/t21-/m1/s1. The van der Waals surface area contributed by atoms with Gasteiger partial charge in [-0.2, -0.15) is 0 Å². The molecule has 3 aromatic rings. The Balaban J connectivity index is 1.96. The van der Waals surface area contributed by atoms with Crippen LogP contribution in [0.2, 0.25) is 0 Å². The van der Waals surface area contributed by atoms with E-state index in [0.29, 0.717) is 0 Å². The van der Waals surface area contributed by atoms with Gasteiger partial charge in [0.2, 0.25) is 10.0 Å². The minimum absolute atomic E-state index is 0.248. The lowest BCUT2D eigenvalue weighted by Gasteiger charge is -2.21. The third-order valence-corrected chi connectivity index (χ3v) is 4.88. The van der Waals surface area contributed by atoms with Crippen LogP contribution in [-0.4, -0.2) is 20.6 Å². The van der Waals surface area contributed by atoms with E-state index in [1.54, 1.807) is 24.3 Å². The second-order valence-corrected chi connectivity index (χ2v) is 8.40. The SMILES string of the molecule is Cc1ccc([C@H](NC(=O)c2ccccc2NS(C)(=O)=O)c2ccccc2)cc1. The van der Waals surface area contributed by atoms with Gasteiger partial charge in [0, 0.05) is 0 Å². The number of para-hydroxylation sites is 1. The Hall–Kier alpha value is -3.12. The molecule has 1 amide bonds. The van der Waals surface area contributed by atoms with E-state index in [-0.39, 0.29) is 23.2 Å². The van der Waals surface area contributed by atoms with Crippen LogP contribution in [0.5, 0.6) is 0 Å². The average Bonchev–Trinajstić information content (AvgIpc) is 2.67. The maximum absolute atomic E-state index is 13.0.